The fourth-order valence-corrected chi connectivity index (χ4v) is 4.41. The molecular weight excluding hydrogens is 499 g/mol. The number of nitrogens with zero attached hydrogens (tertiary/aromatic N) is 2. The Morgan fingerprint density at radius 1 is 0.972 bits per heavy atom. The van der Waals surface area contributed by atoms with Crippen LogP contribution in [0.3, 0.4) is 0 Å². The van der Waals surface area contributed by atoms with Crippen molar-refractivity contribution in [2.45, 2.75) is 39.9 Å². The molecule has 186 valence electrons. The van der Waals surface area contributed by atoms with Crippen LogP contribution in [0.5, 0.6) is 11.5 Å². The maximum absolute atomic E-state index is 11.2. The number of benzene rings is 3. The molecule has 0 spiro atoms. The molecule has 0 aliphatic rings. The lowest BCUT2D eigenvalue weighted by Gasteiger charge is -2.16. The minimum Gasteiger partial charge on any atom is -0.489 e. The van der Waals surface area contributed by atoms with E-state index in [2.05, 4.69) is 18.9 Å². The SMILES string of the molecule is Cc1cc(OCc2c(C(C)C)cnn2-c2c(Cl)cccc2Cl)ccc1COc1cccc(C(=O)O)c1. The molecule has 0 aliphatic heterocycles. The molecule has 0 amide bonds. The Kier molecular flexibility index (Phi) is 7.87. The third-order valence-corrected chi connectivity index (χ3v) is 6.45. The van der Waals surface area contributed by atoms with Crippen molar-refractivity contribution in [1.82, 2.24) is 9.78 Å². The van der Waals surface area contributed by atoms with Gasteiger partial charge in [-0.05, 0) is 72.0 Å². The summed E-state index contributed by atoms with van der Waals surface area (Å²) >= 11 is 12.9. The summed E-state index contributed by atoms with van der Waals surface area (Å²) in [5.41, 5.74) is 4.71. The van der Waals surface area contributed by atoms with Crippen molar-refractivity contribution in [2.24, 2.45) is 0 Å². The average Bonchev–Trinajstić information content (AvgIpc) is 3.26. The monoisotopic (exact) mass is 524 g/mol. The van der Waals surface area contributed by atoms with Gasteiger partial charge in [0.2, 0.25) is 0 Å². The molecule has 0 unspecified atom stereocenters. The summed E-state index contributed by atoms with van der Waals surface area (Å²) < 4.78 is 13.7. The highest BCUT2D eigenvalue weighted by Gasteiger charge is 2.19. The first-order valence-electron chi connectivity index (χ1n) is 11.4. The van der Waals surface area contributed by atoms with Gasteiger partial charge in [0.1, 0.15) is 30.4 Å². The summed E-state index contributed by atoms with van der Waals surface area (Å²) in [7, 11) is 0. The molecular formula is C28H26Cl2N2O4. The molecule has 4 rings (SSSR count). The summed E-state index contributed by atoms with van der Waals surface area (Å²) in [6, 6.07) is 17.6. The van der Waals surface area contributed by atoms with Crippen LogP contribution in [0.15, 0.2) is 66.9 Å². The number of aryl methyl sites for hydroxylation is 1. The molecule has 8 heteroatoms. The van der Waals surface area contributed by atoms with Crippen molar-refractivity contribution in [2.75, 3.05) is 0 Å². The maximum Gasteiger partial charge on any atom is 0.335 e. The van der Waals surface area contributed by atoms with Crippen molar-refractivity contribution >= 4 is 29.2 Å². The van der Waals surface area contributed by atoms with Gasteiger partial charge in [0.25, 0.3) is 0 Å². The van der Waals surface area contributed by atoms with Crippen LogP contribution in [-0.2, 0) is 13.2 Å². The number of ether oxygens (including phenoxy) is 2. The number of aromatic nitrogens is 2. The summed E-state index contributed by atoms with van der Waals surface area (Å²) in [5, 5.41) is 14.7. The Bertz CT molecular complexity index is 1380. The Labute approximate surface area is 220 Å². The van der Waals surface area contributed by atoms with E-state index in [9.17, 15) is 4.79 Å². The predicted molar refractivity (Wildman–Crippen MR) is 141 cm³/mol. The number of carboxylic acids is 1. The van der Waals surface area contributed by atoms with E-state index in [1.54, 1.807) is 35.0 Å². The quantitative estimate of drug-likeness (QED) is 0.246. The summed E-state index contributed by atoms with van der Waals surface area (Å²) in [4.78, 5) is 11.2. The lowest BCUT2D eigenvalue weighted by molar-refractivity contribution is 0.0696. The molecule has 0 radical (unpaired) electrons. The van der Waals surface area contributed by atoms with E-state index in [0.717, 1.165) is 22.4 Å². The zero-order valence-corrected chi connectivity index (χ0v) is 21.7. The van der Waals surface area contributed by atoms with Gasteiger partial charge >= 0.3 is 5.97 Å². The van der Waals surface area contributed by atoms with Crippen molar-refractivity contribution in [1.29, 1.82) is 0 Å². The molecule has 0 atom stereocenters. The van der Waals surface area contributed by atoms with Crippen LogP contribution in [-0.4, -0.2) is 20.9 Å². The highest BCUT2D eigenvalue weighted by molar-refractivity contribution is 6.37. The van der Waals surface area contributed by atoms with Crippen LogP contribution in [0, 0.1) is 6.92 Å². The number of rotatable bonds is 9. The molecule has 1 N–H and O–H groups in total. The van der Waals surface area contributed by atoms with Gasteiger partial charge in [-0.3, -0.25) is 0 Å². The Morgan fingerprint density at radius 2 is 1.64 bits per heavy atom. The number of carboxylic acid groups (broad SMARTS) is 1. The highest BCUT2D eigenvalue weighted by atomic mass is 35.5. The summed E-state index contributed by atoms with van der Waals surface area (Å²) in [5.74, 6) is 0.454. The largest absolute Gasteiger partial charge is 0.489 e. The molecule has 0 saturated carbocycles. The fraction of sp³-hybridized carbons (Fsp3) is 0.214. The lowest BCUT2D eigenvalue weighted by Crippen LogP contribution is -2.09. The van der Waals surface area contributed by atoms with Crippen LogP contribution in [0.4, 0.5) is 0 Å². The van der Waals surface area contributed by atoms with E-state index in [4.69, 9.17) is 37.8 Å². The summed E-state index contributed by atoms with van der Waals surface area (Å²) in [6.45, 7) is 6.78. The van der Waals surface area contributed by atoms with Crippen LogP contribution < -0.4 is 9.47 Å². The van der Waals surface area contributed by atoms with Crippen molar-refractivity contribution in [3.8, 4) is 17.2 Å². The van der Waals surface area contributed by atoms with E-state index >= 15 is 0 Å². The second kappa shape index (κ2) is 11.1. The van der Waals surface area contributed by atoms with Gasteiger partial charge < -0.3 is 14.6 Å². The fourth-order valence-electron chi connectivity index (χ4n) is 3.85. The zero-order valence-electron chi connectivity index (χ0n) is 20.2. The lowest BCUT2D eigenvalue weighted by atomic mass is 10.0. The second-order valence-corrected chi connectivity index (χ2v) is 9.50. The van der Waals surface area contributed by atoms with Gasteiger partial charge in [0, 0.05) is 0 Å². The smallest absolute Gasteiger partial charge is 0.335 e. The van der Waals surface area contributed by atoms with Crippen LogP contribution >= 0.6 is 23.2 Å². The van der Waals surface area contributed by atoms with Crippen molar-refractivity contribution in [3.63, 3.8) is 0 Å². The molecule has 36 heavy (non-hydrogen) atoms. The molecule has 1 aromatic heterocycles. The number of hydrogen-bond acceptors (Lipinski definition) is 4. The van der Waals surface area contributed by atoms with Crippen LogP contribution in [0.1, 0.15) is 52.5 Å². The number of halogens is 2. The average molecular weight is 525 g/mol. The van der Waals surface area contributed by atoms with E-state index in [-0.39, 0.29) is 18.1 Å². The first kappa shape index (κ1) is 25.6. The first-order valence-corrected chi connectivity index (χ1v) is 12.2. The normalized spacial score (nSPS) is 11.1. The molecule has 3 aromatic carbocycles. The van der Waals surface area contributed by atoms with E-state index in [1.165, 1.54) is 12.1 Å². The molecule has 0 fully saturated rings. The standard InChI is InChI=1S/C28H26Cl2N2O4/c1-17(2)23-14-31-32(27-24(29)8-5-9-25(27)30)26(23)16-36-22-11-10-20(18(3)12-22)15-35-21-7-4-6-19(13-21)28(33)34/h4-14,17H,15-16H2,1-3H3,(H,33,34). The number of hydrogen-bond donors (Lipinski definition) is 1. The van der Waals surface area contributed by atoms with E-state index in [1.807, 2.05) is 31.3 Å². The van der Waals surface area contributed by atoms with Gasteiger partial charge in [0.05, 0.1) is 27.5 Å². The molecule has 0 bridgehead atoms. The van der Waals surface area contributed by atoms with E-state index in [0.29, 0.717) is 33.8 Å². The van der Waals surface area contributed by atoms with Gasteiger partial charge in [-0.25, -0.2) is 9.48 Å². The van der Waals surface area contributed by atoms with Gasteiger partial charge in [-0.15, -0.1) is 0 Å². The van der Waals surface area contributed by atoms with Gasteiger partial charge in [-0.1, -0.05) is 55.2 Å². The molecule has 6 nitrogen and oxygen atoms in total. The van der Waals surface area contributed by atoms with Gasteiger partial charge in [0.15, 0.2) is 0 Å². The Morgan fingerprint density at radius 3 is 2.31 bits per heavy atom. The van der Waals surface area contributed by atoms with Crippen molar-refractivity contribution in [3.05, 3.63) is 105 Å². The molecule has 0 saturated heterocycles. The minimum atomic E-state index is -0.989. The number of aromatic carboxylic acids is 1. The third-order valence-electron chi connectivity index (χ3n) is 5.84. The minimum absolute atomic E-state index is 0.186. The third kappa shape index (κ3) is 5.66. The second-order valence-electron chi connectivity index (χ2n) is 8.68. The van der Waals surface area contributed by atoms with Crippen LogP contribution in [0.2, 0.25) is 10.0 Å². The van der Waals surface area contributed by atoms with Gasteiger partial charge in [-0.2, -0.15) is 5.10 Å². The number of para-hydroxylation sites is 1. The molecule has 4 aromatic rings. The molecule has 0 aliphatic carbocycles. The predicted octanol–water partition coefficient (Wildman–Crippen LogP) is 7.47. The molecule has 1 heterocycles. The summed E-state index contributed by atoms with van der Waals surface area (Å²) in [6.07, 6.45) is 1.83. The van der Waals surface area contributed by atoms with Crippen LogP contribution in [0.25, 0.3) is 5.69 Å². The zero-order chi connectivity index (χ0) is 25.8. The van der Waals surface area contributed by atoms with E-state index < -0.39 is 5.97 Å². The maximum atomic E-state index is 11.2. The topological polar surface area (TPSA) is 73.6 Å². The Hall–Kier alpha value is -3.48. The van der Waals surface area contributed by atoms with Crippen molar-refractivity contribution < 1.29 is 19.4 Å². The highest BCUT2D eigenvalue weighted by Crippen LogP contribution is 2.32. The number of carbonyl (C=O) groups is 1. The first-order chi connectivity index (χ1) is 17.2. The Balaban J connectivity index is 1.50.